The second-order valence-corrected chi connectivity index (χ2v) is 4.73. The van der Waals surface area contributed by atoms with Crippen LogP contribution in [0.15, 0.2) is 18.2 Å². The zero-order valence-electron chi connectivity index (χ0n) is 10.5. The van der Waals surface area contributed by atoms with E-state index in [0.29, 0.717) is 0 Å². The molecule has 0 amide bonds. The molecule has 1 atom stereocenters. The minimum absolute atomic E-state index is 0.0226. The number of aromatic nitrogens is 4. The van der Waals surface area contributed by atoms with E-state index in [1.54, 1.807) is 18.2 Å². The van der Waals surface area contributed by atoms with Gasteiger partial charge in [0.1, 0.15) is 16.9 Å². The Bertz CT molecular complexity index is 650. The molecule has 0 fully saturated rings. The molecule has 0 unspecified atom stereocenters. The summed E-state index contributed by atoms with van der Waals surface area (Å²) in [5, 5.41) is 2.06. The van der Waals surface area contributed by atoms with Gasteiger partial charge >= 0.3 is 6.18 Å². The lowest BCUT2D eigenvalue weighted by Crippen LogP contribution is -2.33. The highest BCUT2D eigenvalue weighted by Gasteiger charge is 2.36. The Morgan fingerprint density at radius 2 is 1.81 bits per heavy atom. The first-order valence-electron chi connectivity index (χ1n) is 5.63. The molecule has 10 heteroatoms. The van der Waals surface area contributed by atoms with Crippen molar-refractivity contribution in [1.29, 1.82) is 0 Å². The molecule has 0 bridgehead atoms. The summed E-state index contributed by atoms with van der Waals surface area (Å²) in [6.07, 6.45) is -4.44. The molecule has 0 aliphatic rings. The molecular weight excluding hydrogens is 330 g/mol. The van der Waals surface area contributed by atoms with Crippen LogP contribution in [0, 0.1) is 0 Å². The summed E-state index contributed by atoms with van der Waals surface area (Å²) in [6, 6.07) is 2.86. The second-order valence-electron chi connectivity index (χ2n) is 4.00. The molecule has 5 nitrogen and oxygen atoms in total. The van der Waals surface area contributed by atoms with E-state index in [0.717, 1.165) is 6.92 Å². The number of halogens is 5. The van der Waals surface area contributed by atoms with Gasteiger partial charge in [-0.1, -0.05) is 17.7 Å². The highest BCUT2D eigenvalue weighted by Crippen LogP contribution is 2.23. The Morgan fingerprint density at radius 3 is 2.43 bits per heavy atom. The Balaban J connectivity index is 2.34. The second kappa shape index (κ2) is 5.98. The van der Waals surface area contributed by atoms with E-state index in [9.17, 15) is 13.2 Å². The lowest BCUT2D eigenvalue weighted by Gasteiger charge is -2.17. The maximum Gasteiger partial charge on any atom is 0.408 e. The van der Waals surface area contributed by atoms with Crippen LogP contribution in [0.3, 0.4) is 0 Å². The summed E-state index contributed by atoms with van der Waals surface area (Å²) in [5.41, 5.74) is 0.273. The fourth-order valence-electron chi connectivity index (χ4n) is 1.34. The van der Waals surface area contributed by atoms with E-state index in [4.69, 9.17) is 23.2 Å². The Labute approximate surface area is 127 Å². The van der Waals surface area contributed by atoms with Crippen molar-refractivity contribution >= 4 is 29.2 Å². The van der Waals surface area contributed by atoms with Crippen molar-refractivity contribution in [2.24, 2.45) is 0 Å². The minimum atomic E-state index is -4.44. The van der Waals surface area contributed by atoms with Gasteiger partial charge in [0.25, 0.3) is 0 Å². The number of rotatable bonds is 3. The van der Waals surface area contributed by atoms with Gasteiger partial charge in [-0.05, 0) is 30.7 Å². The van der Waals surface area contributed by atoms with Crippen LogP contribution in [-0.2, 0) is 0 Å². The maximum atomic E-state index is 12.5. The van der Waals surface area contributed by atoms with Gasteiger partial charge in [0.15, 0.2) is 5.82 Å². The highest BCUT2D eigenvalue weighted by atomic mass is 35.5. The molecule has 2 heterocycles. The fourth-order valence-corrected chi connectivity index (χ4v) is 1.66. The Morgan fingerprint density at radius 1 is 1.10 bits per heavy atom. The summed E-state index contributed by atoms with van der Waals surface area (Å²) in [4.78, 5) is 15.2. The molecule has 2 rings (SSSR count). The molecule has 2 aromatic heterocycles. The smallest absolute Gasteiger partial charge is 0.343 e. The Hall–Kier alpha value is -1.67. The van der Waals surface area contributed by atoms with Crippen molar-refractivity contribution < 1.29 is 13.2 Å². The van der Waals surface area contributed by atoms with E-state index in [1.165, 1.54) is 0 Å². The van der Waals surface area contributed by atoms with Gasteiger partial charge in [-0.25, -0.2) is 4.98 Å². The predicted molar refractivity (Wildman–Crippen MR) is 72.2 cm³/mol. The number of hydrogen-bond donors (Lipinski definition) is 1. The van der Waals surface area contributed by atoms with Crippen LogP contribution in [0.1, 0.15) is 6.92 Å². The standard InChI is InChI=1S/C11H8Cl2F3N5/c1-5(11(14,15)16)17-10-20-8(19-9(13)21-10)6-3-2-4-7(12)18-6/h2-5H,1H3,(H,17,19,20,21)/t5-/m1/s1. The molecule has 112 valence electrons. The van der Waals surface area contributed by atoms with E-state index < -0.39 is 12.2 Å². The third-order valence-electron chi connectivity index (χ3n) is 2.39. The molecule has 0 aliphatic heterocycles. The Kier molecular flexibility index (Phi) is 4.48. The van der Waals surface area contributed by atoms with E-state index in [2.05, 4.69) is 25.3 Å². The third-order valence-corrected chi connectivity index (χ3v) is 2.77. The zero-order chi connectivity index (χ0) is 15.6. The van der Waals surface area contributed by atoms with Crippen LogP contribution in [0.2, 0.25) is 10.4 Å². The normalized spacial score (nSPS) is 13.0. The largest absolute Gasteiger partial charge is 0.408 e. The molecule has 0 saturated carbocycles. The van der Waals surface area contributed by atoms with E-state index in [-0.39, 0.29) is 27.9 Å². The lowest BCUT2D eigenvalue weighted by molar-refractivity contribution is -0.138. The fraction of sp³-hybridized carbons (Fsp3) is 0.273. The van der Waals surface area contributed by atoms with E-state index in [1.807, 2.05) is 0 Å². The molecular formula is C11H8Cl2F3N5. The van der Waals surface area contributed by atoms with Crippen molar-refractivity contribution in [3.05, 3.63) is 28.6 Å². The quantitative estimate of drug-likeness (QED) is 0.867. The molecule has 2 aromatic rings. The van der Waals surface area contributed by atoms with Crippen molar-refractivity contribution in [1.82, 2.24) is 19.9 Å². The van der Waals surface area contributed by atoms with Crippen molar-refractivity contribution in [3.63, 3.8) is 0 Å². The topological polar surface area (TPSA) is 63.6 Å². The monoisotopic (exact) mass is 337 g/mol. The number of pyridine rings is 1. The lowest BCUT2D eigenvalue weighted by atomic mass is 10.3. The summed E-state index contributed by atoms with van der Waals surface area (Å²) >= 11 is 11.4. The first kappa shape index (κ1) is 15.7. The van der Waals surface area contributed by atoms with Gasteiger partial charge < -0.3 is 5.32 Å². The van der Waals surface area contributed by atoms with E-state index >= 15 is 0 Å². The predicted octanol–water partition coefficient (Wildman–Crippen LogP) is 3.60. The molecule has 1 N–H and O–H groups in total. The average Bonchev–Trinajstić information content (AvgIpc) is 2.37. The van der Waals surface area contributed by atoms with Gasteiger partial charge in [-0.15, -0.1) is 0 Å². The molecule has 0 aromatic carbocycles. The number of anilines is 1. The van der Waals surface area contributed by atoms with Gasteiger partial charge in [0.05, 0.1) is 0 Å². The maximum absolute atomic E-state index is 12.5. The number of nitrogens with one attached hydrogen (secondary N) is 1. The van der Waals surface area contributed by atoms with Crippen molar-refractivity contribution in [2.45, 2.75) is 19.1 Å². The van der Waals surface area contributed by atoms with Gasteiger partial charge in [0.2, 0.25) is 11.2 Å². The number of nitrogens with zero attached hydrogens (tertiary/aromatic N) is 4. The van der Waals surface area contributed by atoms with Crippen LogP contribution < -0.4 is 5.32 Å². The van der Waals surface area contributed by atoms with Crippen molar-refractivity contribution in [3.8, 4) is 11.5 Å². The molecule has 0 aliphatic carbocycles. The SMILES string of the molecule is C[C@@H](Nc1nc(Cl)nc(-c2cccc(Cl)n2)n1)C(F)(F)F. The summed E-state index contributed by atoms with van der Waals surface area (Å²) < 4.78 is 37.5. The third kappa shape index (κ3) is 4.15. The van der Waals surface area contributed by atoms with Crippen LogP contribution in [0.4, 0.5) is 19.1 Å². The van der Waals surface area contributed by atoms with Gasteiger partial charge in [0, 0.05) is 0 Å². The average molecular weight is 338 g/mol. The first-order chi connectivity index (χ1) is 9.75. The number of alkyl halides is 3. The van der Waals surface area contributed by atoms with Crippen LogP contribution in [0.25, 0.3) is 11.5 Å². The number of hydrogen-bond acceptors (Lipinski definition) is 5. The first-order valence-corrected chi connectivity index (χ1v) is 6.39. The zero-order valence-corrected chi connectivity index (χ0v) is 12.0. The van der Waals surface area contributed by atoms with Crippen LogP contribution in [-0.4, -0.2) is 32.2 Å². The summed E-state index contributed by atoms with van der Waals surface area (Å²) in [6.45, 7) is 0.939. The highest BCUT2D eigenvalue weighted by molar-refractivity contribution is 6.29. The van der Waals surface area contributed by atoms with Gasteiger partial charge in [-0.3, -0.25) is 0 Å². The summed E-state index contributed by atoms with van der Waals surface area (Å²) in [7, 11) is 0. The van der Waals surface area contributed by atoms with Crippen molar-refractivity contribution in [2.75, 3.05) is 5.32 Å². The minimum Gasteiger partial charge on any atom is -0.343 e. The molecule has 0 spiro atoms. The van der Waals surface area contributed by atoms with Gasteiger partial charge in [-0.2, -0.15) is 28.1 Å². The molecule has 0 saturated heterocycles. The van der Waals surface area contributed by atoms with Crippen LogP contribution in [0.5, 0.6) is 0 Å². The molecule has 21 heavy (non-hydrogen) atoms. The van der Waals surface area contributed by atoms with Crippen LogP contribution >= 0.6 is 23.2 Å². The summed E-state index contributed by atoms with van der Waals surface area (Å²) in [5.74, 6) is -0.272. The molecule has 0 radical (unpaired) electrons.